The van der Waals surface area contributed by atoms with Crippen LogP contribution in [0.4, 0.5) is 0 Å². The highest BCUT2D eigenvalue weighted by molar-refractivity contribution is 6.38. The zero-order chi connectivity index (χ0) is 15.0. The van der Waals surface area contributed by atoms with Crippen molar-refractivity contribution < 1.29 is 4.42 Å². The molecule has 2 N–H and O–H groups in total. The van der Waals surface area contributed by atoms with Crippen LogP contribution in [-0.2, 0) is 6.42 Å². The summed E-state index contributed by atoms with van der Waals surface area (Å²) in [6.45, 7) is 2.12. The van der Waals surface area contributed by atoms with E-state index in [1.54, 1.807) is 6.07 Å². The maximum atomic E-state index is 6.29. The van der Waals surface area contributed by atoms with Crippen LogP contribution in [0.3, 0.4) is 0 Å². The monoisotopic (exact) mass is 319 g/mol. The molecule has 4 heteroatoms. The largest absolute Gasteiger partial charge is 0.457 e. The molecule has 21 heavy (non-hydrogen) atoms. The summed E-state index contributed by atoms with van der Waals surface area (Å²) in [5.41, 5.74) is 9.20. The lowest BCUT2D eigenvalue weighted by Gasteiger charge is -2.09. The first-order valence-corrected chi connectivity index (χ1v) is 7.57. The second-order valence-electron chi connectivity index (χ2n) is 5.03. The van der Waals surface area contributed by atoms with Gasteiger partial charge in [0.25, 0.3) is 0 Å². The Bertz CT molecular complexity index is 777. The van der Waals surface area contributed by atoms with Gasteiger partial charge in [0.2, 0.25) is 0 Å². The molecule has 1 unspecified atom stereocenters. The normalized spacial score (nSPS) is 12.8. The van der Waals surface area contributed by atoms with Gasteiger partial charge in [0.05, 0.1) is 11.1 Å². The molecule has 1 aromatic heterocycles. The lowest BCUT2D eigenvalue weighted by atomic mass is 10.0. The minimum Gasteiger partial charge on any atom is -0.457 e. The van der Waals surface area contributed by atoms with Crippen LogP contribution < -0.4 is 5.73 Å². The average Bonchev–Trinajstić information content (AvgIpc) is 2.91. The maximum absolute atomic E-state index is 6.29. The number of hydrogen-bond donors (Lipinski definition) is 1. The van der Waals surface area contributed by atoms with Crippen molar-refractivity contribution >= 4 is 34.2 Å². The fourth-order valence-corrected chi connectivity index (χ4v) is 2.92. The highest BCUT2D eigenvalue weighted by Crippen LogP contribution is 2.33. The van der Waals surface area contributed by atoms with Crippen LogP contribution in [0, 0.1) is 0 Å². The first-order valence-electron chi connectivity index (χ1n) is 6.81. The van der Waals surface area contributed by atoms with E-state index >= 15 is 0 Å². The summed E-state index contributed by atoms with van der Waals surface area (Å²) in [7, 11) is 0. The fraction of sp³-hybridized carbons (Fsp3) is 0.176. The Balaban J connectivity index is 2.00. The third-order valence-corrected chi connectivity index (χ3v) is 4.11. The van der Waals surface area contributed by atoms with Crippen LogP contribution in [0.2, 0.25) is 10.0 Å². The highest BCUT2D eigenvalue weighted by Gasteiger charge is 2.16. The van der Waals surface area contributed by atoms with Gasteiger partial charge in [-0.2, -0.15) is 0 Å². The van der Waals surface area contributed by atoms with Crippen LogP contribution >= 0.6 is 23.2 Å². The average molecular weight is 320 g/mol. The van der Waals surface area contributed by atoms with E-state index in [4.69, 9.17) is 33.4 Å². The molecule has 2 nitrogen and oxygen atoms in total. The molecule has 0 radical (unpaired) electrons. The molecule has 0 spiro atoms. The fourth-order valence-electron chi connectivity index (χ4n) is 2.37. The molecule has 0 aliphatic carbocycles. The van der Waals surface area contributed by atoms with Gasteiger partial charge in [-0.1, -0.05) is 54.4 Å². The smallest absolute Gasteiger partial charge is 0.153 e. The number of fused-ring (bicyclic) bond motifs is 1. The van der Waals surface area contributed by atoms with Crippen LogP contribution in [0.1, 0.15) is 29.9 Å². The van der Waals surface area contributed by atoms with Crippen molar-refractivity contribution in [1.82, 2.24) is 0 Å². The zero-order valence-corrected chi connectivity index (χ0v) is 13.1. The van der Waals surface area contributed by atoms with E-state index in [-0.39, 0.29) is 6.04 Å². The number of rotatable bonds is 3. The van der Waals surface area contributed by atoms with Crippen molar-refractivity contribution in [2.75, 3.05) is 0 Å². The summed E-state index contributed by atoms with van der Waals surface area (Å²) in [4.78, 5) is 0. The molecule has 108 valence electrons. The van der Waals surface area contributed by atoms with Gasteiger partial charge in [-0.3, -0.25) is 0 Å². The van der Waals surface area contributed by atoms with Crippen molar-refractivity contribution in [3.05, 3.63) is 69.4 Å². The Hall–Kier alpha value is -1.48. The van der Waals surface area contributed by atoms with E-state index in [2.05, 4.69) is 19.1 Å². The number of halogens is 2. The summed E-state index contributed by atoms with van der Waals surface area (Å²) in [5.74, 6) is 0.679. The van der Waals surface area contributed by atoms with Gasteiger partial charge in [-0.05, 0) is 35.7 Å². The van der Waals surface area contributed by atoms with E-state index in [1.165, 1.54) is 5.56 Å². The van der Waals surface area contributed by atoms with Crippen molar-refractivity contribution in [2.45, 2.75) is 19.4 Å². The van der Waals surface area contributed by atoms with Crippen LogP contribution in [-0.4, -0.2) is 0 Å². The second kappa shape index (κ2) is 5.72. The van der Waals surface area contributed by atoms with Crippen LogP contribution in [0.5, 0.6) is 0 Å². The van der Waals surface area contributed by atoms with E-state index in [1.807, 2.05) is 24.3 Å². The predicted octanol–water partition coefficient (Wildman–Crippen LogP) is 5.35. The quantitative estimate of drug-likeness (QED) is 0.706. The third kappa shape index (κ3) is 2.80. The minimum absolute atomic E-state index is 0.321. The molecule has 0 saturated heterocycles. The first-order chi connectivity index (χ1) is 10.1. The highest BCUT2D eigenvalue weighted by atomic mass is 35.5. The Kier molecular flexibility index (Phi) is 3.94. The molecule has 0 aliphatic heterocycles. The molecule has 1 atom stereocenters. The Labute approximate surface area is 133 Å². The summed E-state index contributed by atoms with van der Waals surface area (Å²) < 4.78 is 5.81. The van der Waals surface area contributed by atoms with Gasteiger partial charge >= 0.3 is 0 Å². The Morgan fingerprint density at radius 1 is 1.10 bits per heavy atom. The summed E-state index contributed by atoms with van der Waals surface area (Å²) >= 11 is 12.2. The molecule has 0 bridgehead atoms. The molecule has 0 saturated carbocycles. The molecule has 0 fully saturated rings. The number of benzene rings is 2. The van der Waals surface area contributed by atoms with E-state index in [0.717, 1.165) is 17.4 Å². The zero-order valence-electron chi connectivity index (χ0n) is 11.6. The summed E-state index contributed by atoms with van der Waals surface area (Å²) in [6, 6.07) is 13.3. The molecule has 2 aromatic carbocycles. The molecular weight excluding hydrogens is 305 g/mol. The lowest BCUT2D eigenvalue weighted by Crippen LogP contribution is -2.10. The maximum Gasteiger partial charge on any atom is 0.153 e. The van der Waals surface area contributed by atoms with Gasteiger partial charge in [0, 0.05) is 10.4 Å². The molecule has 1 heterocycles. The predicted molar refractivity (Wildman–Crippen MR) is 88.1 cm³/mol. The topological polar surface area (TPSA) is 39.2 Å². The van der Waals surface area contributed by atoms with E-state index in [0.29, 0.717) is 21.4 Å². The molecule has 3 rings (SSSR count). The van der Waals surface area contributed by atoms with Crippen LogP contribution in [0.25, 0.3) is 11.0 Å². The van der Waals surface area contributed by atoms with Crippen molar-refractivity contribution in [2.24, 2.45) is 5.73 Å². The molecule has 0 aliphatic rings. The number of aryl methyl sites for hydroxylation is 1. The van der Waals surface area contributed by atoms with Gasteiger partial charge in [0.1, 0.15) is 5.76 Å². The summed E-state index contributed by atoms with van der Waals surface area (Å²) in [6.07, 6.45) is 1.01. The molecule has 3 aromatic rings. The minimum atomic E-state index is -0.321. The van der Waals surface area contributed by atoms with E-state index < -0.39 is 0 Å². The second-order valence-corrected chi connectivity index (χ2v) is 5.87. The SMILES string of the molecule is CCc1ccc(C(N)c2cc3cc(Cl)cc(Cl)c3o2)cc1. The van der Waals surface area contributed by atoms with Crippen LogP contribution in [0.15, 0.2) is 46.9 Å². The van der Waals surface area contributed by atoms with Gasteiger partial charge in [-0.25, -0.2) is 0 Å². The first kappa shape index (κ1) is 14.5. The molecular formula is C17H15Cl2NO. The summed E-state index contributed by atoms with van der Waals surface area (Å²) in [5, 5.41) is 1.95. The Morgan fingerprint density at radius 3 is 2.48 bits per heavy atom. The standard InChI is InChI=1S/C17H15Cl2NO/c1-2-10-3-5-11(6-4-10)16(20)15-8-12-7-13(18)9-14(19)17(12)21-15/h3-9,16H,2,20H2,1H3. The molecule has 0 amide bonds. The van der Waals surface area contributed by atoms with Gasteiger partial charge < -0.3 is 10.2 Å². The number of hydrogen-bond acceptors (Lipinski definition) is 2. The number of nitrogens with two attached hydrogens (primary N) is 1. The lowest BCUT2D eigenvalue weighted by molar-refractivity contribution is 0.525. The third-order valence-electron chi connectivity index (χ3n) is 3.61. The van der Waals surface area contributed by atoms with Crippen molar-refractivity contribution in [1.29, 1.82) is 0 Å². The van der Waals surface area contributed by atoms with Crippen molar-refractivity contribution in [3.63, 3.8) is 0 Å². The Morgan fingerprint density at radius 2 is 1.81 bits per heavy atom. The van der Waals surface area contributed by atoms with Gasteiger partial charge in [0.15, 0.2) is 5.58 Å². The van der Waals surface area contributed by atoms with Gasteiger partial charge in [-0.15, -0.1) is 0 Å². The van der Waals surface area contributed by atoms with E-state index in [9.17, 15) is 0 Å². The number of furan rings is 1. The van der Waals surface area contributed by atoms with Crippen molar-refractivity contribution in [3.8, 4) is 0 Å².